The van der Waals surface area contributed by atoms with Crippen LogP contribution in [0.15, 0.2) is 72.8 Å². The van der Waals surface area contributed by atoms with Crippen molar-refractivity contribution in [1.29, 1.82) is 0 Å². The van der Waals surface area contributed by atoms with Gasteiger partial charge in [-0.15, -0.1) is 24.0 Å². The number of nitrogens with one attached hydrogen (secondary N) is 3. The molecule has 4 aliphatic rings. The van der Waals surface area contributed by atoms with E-state index in [2.05, 4.69) is 80.9 Å². The minimum absolute atomic E-state index is 0. The molecule has 0 unspecified atom stereocenters. The smallest absolute Gasteiger partial charge is 0.224 e. The number of halogens is 8. The van der Waals surface area contributed by atoms with E-state index in [1.165, 1.54) is 24.0 Å². The van der Waals surface area contributed by atoms with Crippen LogP contribution in [0.5, 0.6) is 11.5 Å². The Morgan fingerprint density at radius 1 is 0.615 bits per heavy atom. The fraction of sp³-hybridized carbons (Fsp3) is 0.447. The van der Waals surface area contributed by atoms with Crippen molar-refractivity contribution in [2.24, 2.45) is 0 Å². The molecule has 4 aromatic carbocycles. The zero-order valence-corrected chi connectivity index (χ0v) is 48.4. The number of amides is 2. The SMILES string of the molecule is CCCCCOc1ccc2c(c1)NC(=O)CC2.Clc1cccc(N2CCNCC2)c1Cl.I.I[I-]I.O=C1CCc2ccc(OCCCCN3CCN(c4cccc(Cl)c4Cl)CC3)cc2N1. The summed E-state index contributed by atoms with van der Waals surface area (Å²) in [5, 5.41) is 11.6. The number of unbranched alkanes of at least 4 members (excludes halogenated alkanes) is 3. The van der Waals surface area contributed by atoms with E-state index in [4.69, 9.17) is 55.9 Å². The van der Waals surface area contributed by atoms with Gasteiger partial charge in [0.1, 0.15) is 11.5 Å². The Labute approximate surface area is 452 Å². The van der Waals surface area contributed by atoms with E-state index < -0.39 is 0 Å². The van der Waals surface area contributed by atoms with Crippen LogP contribution in [0.1, 0.15) is 63.0 Å². The zero-order valence-electron chi connectivity index (χ0n) is 36.6. The van der Waals surface area contributed by atoms with Crippen molar-refractivity contribution >= 4 is 142 Å². The third-order valence-corrected chi connectivity index (χ3v) is 12.8. The number of fused-ring (bicyclic) bond motifs is 2. The average Bonchev–Trinajstić information content (AvgIpc) is 3.30. The number of hydrogen-bond donors (Lipinski definition) is 3. The molecule has 0 aliphatic carbocycles. The van der Waals surface area contributed by atoms with Crippen molar-refractivity contribution in [2.75, 3.05) is 92.5 Å². The van der Waals surface area contributed by atoms with E-state index in [9.17, 15) is 9.59 Å². The van der Waals surface area contributed by atoms with Gasteiger partial charge in [0.05, 0.1) is 44.7 Å². The maximum atomic E-state index is 11.5. The van der Waals surface area contributed by atoms with Crippen LogP contribution in [-0.2, 0) is 22.4 Å². The molecule has 0 spiro atoms. The monoisotopic (exact) mass is 1420 g/mol. The van der Waals surface area contributed by atoms with E-state index in [0.717, 1.165) is 132 Å². The van der Waals surface area contributed by atoms with Gasteiger partial charge in [0, 0.05) is 88.7 Å². The van der Waals surface area contributed by atoms with Crippen molar-refractivity contribution in [3.05, 3.63) is 104 Å². The number of carbonyl (C=O) groups excluding carboxylic acids is 2. The van der Waals surface area contributed by atoms with Crippen LogP contribution in [0.2, 0.25) is 20.1 Å². The van der Waals surface area contributed by atoms with E-state index in [-0.39, 0.29) is 35.8 Å². The molecule has 0 radical (unpaired) electrons. The Bertz CT molecular complexity index is 2100. The van der Waals surface area contributed by atoms with Crippen LogP contribution < -0.4 is 48.5 Å². The third-order valence-electron chi connectivity index (χ3n) is 11.1. The first-order valence-electron chi connectivity index (χ1n) is 21.9. The number of benzene rings is 4. The molecule has 2 saturated heterocycles. The number of hydrogen-bond acceptors (Lipinski definition) is 8. The molecule has 4 aliphatic heterocycles. The predicted molar refractivity (Wildman–Crippen MR) is 297 cm³/mol. The standard InChI is InChI=1S/C23H27Cl2N3O2.C14H19NO2.C10H12Cl2N2.I3.HI/c24-19-4-3-5-21(23(19)25)28-13-11-27(12-14-28)10-1-2-15-30-18-8-6-17-7-9-22(29)26-20(17)16-18;1-2-3-4-9-17-12-7-5-11-6-8-14(16)15-13(11)10-12;11-8-2-1-3-9(10(8)12)14-6-4-13-5-7-14;1-3-2;/h3-6,8,16H,1-2,7,9-15H2,(H,26,29);5,7,10H,2-4,6,8-9H2,1H3,(H,15,16);1-3,13H,4-7H2;;1H/q;;;-1;. The first-order chi connectivity index (χ1) is 31.1. The molecule has 18 heteroatoms. The Balaban J connectivity index is 0.000000224. The summed E-state index contributed by atoms with van der Waals surface area (Å²) in [6, 6.07) is 23.5. The number of ether oxygens (including phenoxy) is 2. The van der Waals surface area contributed by atoms with E-state index >= 15 is 0 Å². The number of aryl methyl sites for hydroxylation is 2. The van der Waals surface area contributed by atoms with Gasteiger partial charge in [-0.1, -0.05) is 90.4 Å². The van der Waals surface area contributed by atoms with E-state index in [1.807, 2.05) is 66.7 Å². The van der Waals surface area contributed by atoms with Crippen molar-refractivity contribution in [3.8, 4) is 11.5 Å². The Morgan fingerprint density at radius 3 is 1.55 bits per heavy atom. The number of carbonyl (C=O) groups is 2. The summed E-state index contributed by atoms with van der Waals surface area (Å²) in [6.07, 6.45) is 8.36. The molecule has 0 saturated carbocycles. The summed E-state index contributed by atoms with van der Waals surface area (Å²) in [4.78, 5) is 29.9. The molecule has 4 heterocycles. The molecule has 8 rings (SSSR count). The summed E-state index contributed by atoms with van der Waals surface area (Å²) in [7, 11) is 0. The maximum Gasteiger partial charge on any atom is 0.224 e. The van der Waals surface area contributed by atoms with Gasteiger partial charge in [-0.2, -0.15) is 0 Å². The van der Waals surface area contributed by atoms with E-state index in [0.29, 0.717) is 52.8 Å². The van der Waals surface area contributed by atoms with Gasteiger partial charge in [0.25, 0.3) is 0 Å². The van der Waals surface area contributed by atoms with Crippen molar-refractivity contribution < 1.29 is 32.3 Å². The second-order valence-electron chi connectivity index (χ2n) is 15.6. The Kier molecular flexibility index (Phi) is 27.2. The maximum absolute atomic E-state index is 11.5. The number of nitrogens with zero attached hydrogens (tertiary/aromatic N) is 3. The third kappa shape index (κ3) is 19.0. The zero-order chi connectivity index (χ0) is 45.7. The molecule has 2 fully saturated rings. The first-order valence-corrected chi connectivity index (χ1v) is 36.0. The summed E-state index contributed by atoms with van der Waals surface area (Å²) in [6.45, 7) is 12.6. The first kappa shape index (κ1) is 56.6. The predicted octanol–water partition coefficient (Wildman–Crippen LogP) is 9.80. The molecule has 10 nitrogen and oxygen atoms in total. The largest absolute Gasteiger partial charge is 0.494 e. The quantitative estimate of drug-likeness (QED) is 0.0900. The van der Waals surface area contributed by atoms with Gasteiger partial charge >= 0.3 is 50.5 Å². The van der Waals surface area contributed by atoms with Gasteiger partial charge in [0.2, 0.25) is 11.8 Å². The summed E-state index contributed by atoms with van der Waals surface area (Å²) in [5.41, 5.74) is 6.25. The Morgan fingerprint density at radius 2 is 1.08 bits per heavy atom. The summed E-state index contributed by atoms with van der Waals surface area (Å²) in [5.74, 6) is 1.85. The second kappa shape index (κ2) is 31.3. The number of rotatable bonds is 13. The summed E-state index contributed by atoms with van der Waals surface area (Å²) < 4.78 is 11.5. The molecule has 0 atom stereocenters. The van der Waals surface area contributed by atoms with Gasteiger partial charge in [0.15, 0.2) is 0 Å². The number of anilines is 4. The molecule has 65 heavy (non-hydrogen) atoms. The molecule has 2 amide bonds. The van der Waals surface area contributed by atoms with Crippen LogP contribution in [0, 0.1) is 0 Å². The second-order valence-corrected chi connectivity index (χ2v) is 33.4. The number of piperazine rings is 2. The fourth-order valence-corrected chi connectivity index (χ4v) is 8.47. The summed E-state index contributed by atoms with van der Waals surface area (Å²) >= 11 is 29.9. The fourth-order valence-electron chi connectivity index (χ4n) is 7.64. The van der Waals surface area contributed by atoms with Crippen LogP contribution in [-0.4, -0.2) is 88.8 Å². The van der Waals surface area contributed by atoms with Crippen LogP contribution >= 0.6 is 108 Å². The van der Waals surface area contributed by atoms with Gasteiger partial charge in [-0.05, 0) is 86.2 Å². The van der Waals surface area contributed by atoms with E-state index in [1.54, 1.807) is 0 Å². The van der Waals surface area contributed by atoms with Crippen molar-refractivity contribution in [3.63, 3.8) is 0 Å². The molecular formula is C47H59Cl4I4N6O4-. The minimum Gasteiger partial charge on any atom is -0.494 e. The average molecular weight is 1420 g/mol. The molecule has 358 valence electrons. The normalized spacial score (nSPS) is 15.5. The van der Waals surface area contributed by atoms with Gasteiger partial charge in [-0.3, -0.25) is 14.5 Å². The van der Waals surface area contributed by atoms with Crippen LogP contribution in [0.3, 0.4) is 0 Å². The molecule has 4 aromatic rings. The molecule has 3 N–H and O–H groups in total. The molecule has 0 aromatic heterocycles. The Hall–Kier alpha value is -0.980. The minimum atomic E-state index is 0. The van der Waals surface area contributed by atoms with Crippen molar-refractivity contribution in [1.82, 2.24) is 10.2 Å². The van der Waals surface area contributed by atoms with Crippen LogP contribution in [0.4, 0.5) is 22.7 Å². The van der Waals surface area contributed by atoms with Gasteiger partial charge in [-0.25, -0.2) is 0 Å². The van der Waals surface area contributed by atoms with Gasteiger partial charge < -0.3 is 35.2 Å². The van der Waals surface area contributed by atoms with Crippen LogP contribution in [0.25, 0.3) is 0 Å². The van der Waals surface area contributed by atoms with Crippen molar-refractivity contribution in [2.45, 2.75) is 64.7 Å². The molecule has 0 bridgehead atoms. The topological polar surface area (TPSA) is 98.4 Å². The molecular weight excluding hydrogens is 1360 g/mol.